The number of carbonyl (C=O) groups is 1. The van der Waals surface area contributed by atoms with Crippen LogP contribution >= 0.6 is 27.3 Å². The highest BCUT2D eigenvalue weighted by Crippen LogP contribution is 2.38. The fourth-order valence-electron chi connectivity index (χ4n) is 1.31. The lowest BCUT2D eigenvalue weighted by molar-refractivity contribution is 0.0947. The number of nitrogens with one attached hydrogen (secondary N) is 1. The Bertz CT molecular complexity index is 404. The molecule has 0 spiro atoms. The molecule has 4 nitrogen and oxygen atoms in total. The van der Waals surface area contributed by atoms with Crippen LogP contribution in [0.15, 0.2) is 4.47 Å². The van der Waals surface area contributed by atoms with E-state index >= 15 is 0 Å². The molecule has 1 aromatic heterocycles. The normalized spacial score (nSPS) is 12.3. The van der Waals surface area contributed by atoms with Gasteiger partial charge in [0.1, 0.15) is 4.88 Å². The molecule has 0 saturated carbocycles. The fraction of sp³-hybridized carbons (Fsp3) is 0.545. The Morgan fingerprint density at radius 3 is 2.82 bits per heavy atom. The van der Waals surface area contributed by atoms with Crippen LogP contribution in [0.2, 0.25) is 0 Å². The summed E-state index contributed by atoms with van der Waals surface area (Å²) in [6, 6.07) is 0. The molecule has 1 atom stereocenters. The van der Waals surface area contributed by atoms with Gasteiger partial charge in [-0.15, -0.1) is 11.3 Å². The lowest BCUT2D eigenvalue weighted by atomic mass is 10.3. The van der Waals surface area contributed by atoms with E-state index in [4.69, 9.17) is 9.84 Å². The molecule has 2 N–H and O–H groups in total. The number of thiophene rings is 1. The zero-order valence-corrected chi connectivity index (χ0v) is 12.4. The quantitative estimate of drug-likeness (QED) is 0.875. The van der Waals surface area contributed by atoms with Crippen molar-refractivity contribution in [3.8, 4) is 5.75 Å². The van der Waals surface area contributed by atoms with Crippen molar-refractivity contribution in [1.82, 2.24) is 5.32 Å². The van der Waals surface area contributed by atoms with E-state index in [1.807, 2.05) is 6.92 Å². The molecule has 1 amide bonds. The van der Waals surface area contributed by atoms with Gasteiger partial charge < -0.3 is 15.2 Å². The van der Waals surface area contributed by atoms with E-state index in [2.05, 4.69) is 21.2 Å². The van der Waals surface area contributed by atoms with Crippen LogP contribution in [-0.4, -0.2) is 30.8 Å². The average Bonchev–Trinajstić information content (AvgIpc) is 2.54. The van der Waals surface area contributed by atoms with Gasteiger partial charge in [-0.3, -0.25) is 4.79 Å². The molecule has 17 heavy (non-hydrogen) atoms. The van der Waals surface area contributed by atoms with Crippen molar-refractivity contribution in [2.75, 3.05) is 13.7 Å². The van der Waals surface area contributed by atoms with Gasteiger partial charge in [0, 0.05) is 11.4 Å². The molecular formula is C11H16BrNO3S. The number of aliphatic hydroxyl groups excluding tert-OH is 1. The Labute approximate surface area is 113 Å². The van der Waals surface area contributed by atoms with Gasteiger partial charge in [0.15, 0.2) is 5.75 Å². The summed E-state index contributed by atoms with van der Waals surface area (Å²) in [5, 5.41) is 11.9. The van der Waals surface area contributed by atoms with Crippen molar-refractivity contribution in [2.45, 2.75) is 26.4 Å². The molecule has 0 aliphatic heterocycles. The van der Waals surface area contributed by atoms with Crippen molar-refractivity contribution in [2.24, 2.45) is 0 Å². The number of methoxy groups -OCH3 is 1. The van der Waals surface area contributed by atoms with Crippen LogP contribution in [0.3, 0.4) is 0 Å². The number of rotatable bonds is 5. The lowest BCUT2D eigenvalue weighted by Crippen LogP contribution is -2.26. The summed E-state index contributed by atoms with van der Waals surface area (Å²) in [5.74, 6) is 0.406. The van der Waals surface area contributed by atoms with Crippen LogP contribution in [0.1, 0.15) is 27.9 Å². The predicted molar refractivity (Wildman–Crippen MR) is 71.9 cm³/mol. The van der Waals surface area contributed by atoms with Gasteiger partial charge in [-0.25, -0.2) is 0 Å². The Balaban J connectivity index is 2.72. The first-order chi connectivity index (χ1) is 7.97. The molecule has 0 aliphatic rings. The Kier molecular flexibility index (Phi) is 5.42. The highest BCUT2D eigenvalue weighted by Gasteiger charge is 2.20. The monoisotopic (exact) mass is 321 g/mol. The number of amides is 1. The van der Waals surface area contributed by atoms with Gasteiger partial charge in [0.05, 0.1) is 17.7 Å². The maximum atomic E-state index is 11.9. The van der Waals surface area contributed by atoms with E-state index in [1.54, 1.807) is 14.0 Å². The molecule has 0 radical (unpaired) electrons. The minimum absolute atomic E-state index is 0.165. The van der Waals surface area contributed by atoms with Crippen molar-refractivity contribution in [1.29, 1.82) is 0 Å². The SMILES string of the molecule is COc1c(C(=O)NCCC(C)O)sc(C)c1Br. The largest absolute Gasteiger partial charge is 0.494 e. The second kappa shape index (κ2) is 6.37. The first-order valence-corrected chi connectivity index (χ1v) is 6.87. The fourth-order valence-corrected chi connectivity index (χ4v) is 2.98. The third kappa shape index (κ3) is 3.69. The summed E-state index contributed by atoms with van der Waals surface area (Å²) in [6.07, 6.45) is 0.133. The van der Waals surface area contributed by atoms with Gasteiger partial charge in [-0.05, 0) is 36.2 Å². The van der Waals surface area contributed by atoms with Crippen molar-refractivity contribution in [3.63, 3.8) is 0 Å². The average molecular weight is 322 g/mol. The minimum Gasteiger partial charge on any atom is -0.494 e. The highest BCUT2D eigenvalue weighted by molar-refractivity contribution is 9.10. The van der Waals surface area contributed by atoms with E-state index in [1.165, 1.54) is 11.3 Å². The van der Waals surface area contributed by atoms with Gasteiger partial charge in [-0.2, -0.15) is 0 Å². The summed E-state index contributed by atoms with van der Waals surface area (Å²) in [6.45, 7) is 4.07. The van der Waals surface area contributed by atoms with Crippen molar-refractivity contribution < 1.29 is 14.6 Å². The lowest BCUT2D eigenvalue weighted by Gasteiger charge is -2.07. The number of aryl methyl sites for hydroxylation is 1. The summed E-state index contributed by atoms with van der Waals surface area (Å²) in [7, 11) is 1.54. The summed E-state index contributed by atoms with van der Waals surface area (Å²) >= 11 is 4.77. The standard InChI is InChI=1S/C11H16BrNO3S/c1-6(14)4-5-13-11(15)10-9(16-3)8(12)7(2)17-10/h6,14H,4-5H2,1-3H3,(H,13,15). The Morgan fingerprint density at radius 2 is 2.29 bits per heavy atom. The van der Waals surface area contributed by atoms with E-state index in [0.29, 0.717) is 23.6 Å². The van der Waals surface area contributed by atoms with Gasteiger partial charge in [0.2, 0.25) is 0 Å². The summed E-state index contributed by atoms with van der Waals surface area (Å²) < 4.78 is 6.02. The molecule has 0 aliphatic carbocycles. The topological polar surface area (TPSA) is 58.6 Å². The molecule has 0 aromatic carbocycles. The molecule has 1 unspecified atom stereocenters. The van der Waals surface area contributed by atoms with Crippen LogP contribution < -0.4 is 10.1 Å². The van der Waals surface area contributed by atoms with Crippen LogP contribution in [-0.2, 0) is 0 Å². The molecular weight excluding hydrogens is 306 g/mol. The predicted octanol–water partition coefficient (Wildman–Crippen LogP) is 2.33. The molecule has 1 heterocycles. The molecule has 0 saturated heterocycles. The second-order valence-corrected chi connectivity index (χ2v) is 5.75. The van der Waals surface area contributed by atoms with Gasteiger partial charge >= 0.3 is 0 Å². The van der Waals surface area contributed by atoms with Crippen LogP contribution in [0.4, 0.5) is 0 Å². The van der Waals surface area contributed by atoms with Crippen LogP contribution in [0.25, 0.3) is 0 Å². The number of ether oxygens (including phenoxy) is 1. The van der Waals surface area contributed by atoms with Crippen molar-refractivity contribution in [3.05, 3.63) is 14.2 Å². The number of hydrogen-bond acceptors (Lipinski definition) is 4. The zero-order chi connectivity index (χ0) is 13.0. The third-order valence-corrected chi connectivity index (χ3v) is 4.53. The van der Waals surface area contributed by atoms with E-state index < -0.39 is 6.10 Å². The second-order valence-electron chi connectivity index (χ2n) is 3.73. The van der Waals surface area contributed by atoms with Gasteiger partial charge in [0.25, 0.3) is 5.91 Å². The molecule has 96 valence electrons. The highest BCUT2D eigenvalue weighted by atomic mass is 79.9. The molecule has 6 heteroatoms. The van der Waals surface area contributed by atoms with Gasteiger partial charge in [-0.1, -0.05) is 0 Å². The summed E-state index contributed by atoms with van der Waals surface area (Å²) in [4.78, 5) is 13.4. The number of carbonyl (C=O) groups excluding carboxylic acids is 1. The molecule has 0 bridgehead atoms. The van der Waals surface area contributed by atoms with Crippen LogP contribution in [0.5, 0.6) is 5.75 Å². The Hall–Kier alpha value is -0.590. The maximum absolute atomic E-state index is 11.9. The van der Waals surface area contributed by atoms with E-state index in [-0.39, 0.29) is 5.91 Å². The maximum Gasteiger partial charge on any atom is 0.265 e. The zero-order valence-electron chi connectivity index (χ0n) is 10.0. The molecule has 1 aromatic rings. The minimum atomic E-state index is -0.408. The number of hydrogen-bond donors (Lipinski definition) is 2. The molecule has 1 rings (SSSR count). The van der Waals surface area contributed by atoms with Crippen molar-refractivity contribution >= 4 is 33.2 Å². The number of aliphatic hydroxyl groups is 1. The Morgan fingerprint density at radius 1 is 1.65 bits per heavy atom. The first kappa shape index (κ1) is 14.5. The summed E-state index contributed by atoms with van der Waals surface area (Å²) in [5.41, 5.74) is 0. The van der Waals surface area contributed by atoms with Crippen LogP contribution in [0, 0.1) is 6.92 Å². The first-order valence-electron chi connectivity index (χ1n) is 5.26. The van der Waals surface area contributed by atoms with E-state index in [0.717, 1.165) is 9.35 Å². The molecule has 0 fully saturated rings. The van der Waals surface area contributed by atoms with E-state index in [9.17, 15) is 4.79 Å². The third-order valence-electron chi connectivity index (χ3n) is 2.23. The smallest absolute Gasteiger partial charge is 0.265 e. The number of halogens is 1.